The van der Waals surface area contributed by atoms with E-state index >= 15 is 0 Å². The zero-order valence-corrected chi connectivity index (χ0v) is 13.1. The van der Waals surface area contributed by atoms with E-state index in [-0.39, 0.29) is 4.90 Å². The van der Waals surface area contributed by atoms with Gasteiger partial charge < -0.3 is 5.32 Å². The normalized spacial score (nSPS) is 11.1. The number of hydrogen-bond donors (Lipinski definition) is 2. The van der Waals surface area contributed by atoms with Crippen LogP contribution in [0.4, 0.5) is 11.5 Å². The minimum absolute atomic E-state index is 0.0957. The summed E-state index contributed by atoms with van der Waals surface area (Å²) in [7, 11) is -3.76. The highest BCUT2D eigenvalue weighted by atomic mass is 35.5. The van der Waals surface area contributed by atoms with Gasteiger partial charge in [0, 0.05) is 12.7 Å². The highest BCUT2D eigenvalue weighted by Crippen LogP contribution is 2.26. The number of anilines is 2. The van der Waals surface area contributed by atoms with E-state index in [4.69, 9.17) is 11.6 Å². The molecule has 0 fully saturated rings. The van der Waals surface area contributed by atoms with Gasteiger partial charge in [-0.05, 0) is 30.7 Å². The SMILES string of the molecule is CCCNc1ncccc1S(=O)(=O)Nc1ccccc1Cl. The molecule has 7 heteroatoms. The van der Waals surface area contributed by atoms with E-state index in [1.54, 1.807) is 36.5 Å². The first-order valence-electron chi connectivity index (χ1n) is 6.51. The molecule has 2 rings (SSSR count). The Balaban J connectivity index is 2.34. The van der Waals surface area contributed by atoms with Crippen LogP contribution < -0.4 is 10.0 Å². The lowest BCUT2D eigenvalue weighted by atomic mass is 10.3. The minimum atomic E-state index is -3.76. The molecule has 0 aliphatic rings. The molecule has 2 N–H and O–H groups in total. The molecule has 0 spiro atoms. The average Bonchev–Trinajstić information content (AvgIpc) is 2.47. The Morgan fingerprint density at radius 2 is 1.95 bits per heavy atom. The van der Waals surface area contributed by atoms with Crippen molar-refractivity contribution in [2.75, 3.05) is 16.6 Å². The standard InChI is InChI=1S/C14H16ClN3O2S/c1-2-9-16-14-13(8-5-10-17-14)21(19,20)18-12-7-4-3-6-11(12)15/h3-8,10,18H,2,9H2,1H3,(H,16,17). The first-order valence-corrected chi connectivity index (χ1v) is 8.37. The van der Waals surface area contributed by atoms with Gasteiger partial charge in [0.25, 0.3) is 10.0 Å². The molecular formula is C14H16ClN3O2S. The zero-order chi connectivity index (χ0) is 15.3. The molecule has 0 saturated carbocycles. The van der Waals surface area contributed by atoms with Gasteiger partial charge in [-0.3, -0.25) is 4.72 Å². The van der Waals surface area contributed by atoms with Crippen molar-refractivity contribution in [3.63, 3.8) is 0 Å². The number of halogens is 1. The van der Waals surface area contributed by atoms with E-state index in [9.17, 15) is 8.42 Å². The van der Waals surface area contributed by atoms with Crippen LogP contribution in [0.3, 0.4) is 0 Å². The van der Waals surface area contributed by atoms with Gasteiger partial charge in [-0.2, -0.15) is 0 Å². The number of aromatic nitrogens is 1. The summed E-state index contributed by atoms with van der Waals surface area (Å²) in [5.41, 5.74) is 0.337. The molecule has 0 amide bonds. The fourth-order valence-electron chi connectivity index (χ4n) is 1.73. The second-order valence-electron chi connectivity index (χ2n) is 4.36. The molecule has 0 aliphatic heterocycles. The summed E-state index contributed by atoms with van der Waals surface area (Å²) in [5.74, 6) is 0.332. The van der Waals surface area contributed by atoms with E-state index in [2.05, 4.69) is 15.0 Å². The fraction of sp³-hybridized carbons (Fsp3) is 0.214. The zero-order valence-electron chi connectivity index (χ0n) is 11.5. The summed E-state index contributed by atoms with van der Waals surface area (Å²) >= 11 is 5.98. The van der Waals surface area contributed by atoms with Crippen LogP contribution in [0.5, 0.6) is 0 Å². The van der Waals surface area contributed by atoms with Crippen LogP contribution in [-0.2, 0) is 10.0 Å². The third-order valence-corrected chi connectivity index (χ3v) is 4.45. The lowest BCUT2D eigenvalue weighted by Crippen LogP contribution is -2.16. The first-order chi connectivity index (χ1) is 10.0. The molecule has 0 atom stereocenters. The highest BCUT2D eigenvalue weighted by Gasteiger charge is 2.20. The van der Waals surface area contributed by atoms with Crippen molar-refractivity contribution in [2.24, 2.45) is 0 Å². The van der Waals surface area contributed by atoms with Gasteiger partial charge in [0.1, 0.15) is 10.7 Å². The smallest absolute Gasteiger partial charge is 0.265 e. The van der Waals surface area contributed by atoms with E-state index < -0.39 is 10.0 Å². The quantitative estimate of drug-likeness (QED) is 0.854. The van der Waals surface area contributed by atoms with E-state index in [0.29, 0.717) is 23.1 Å². The van der Waals surface area contributed by atoms with Crippen LogP contribution in [0.25, 0.3) is 0 Å². The molecule has 0 radical (unpaired) electrons. The number of para-hydroxylation sites is 1. The summed E-state index contributed by atoms with van der Waals surface area (Å²) in [6, 6.07) is 9.76. The van der Waals surface area contributed by atoms with Crippen molar-refractivity contribution >= 4 is 33.1 Å². The van der Waals surface area contributed by atoms with Crippen LogP contribution in [0.15, 0.2) is 47.5 Å². The molecular weight excluding hydrogens is 310 g/mol. The van der Waals surface area contributed by atoms with Gasteiger partial charge in [-0.1, -0.05) is 30.7 Å². The third-order valence-electron chi connectivity index (χ3n) is 2.72. The third kappa shape index (κ3) is 3.86. The van der Waals surface area contributed by atoms with Gasteiger partial charge in [0.2, 0.25) is 0 Å². The Hall–Kier alpha value is -1.79. The predicted octanol–water partition coefficient (Wildman–Crippen LogP) is 3.36. The second kappa shape index (κ2) is 6.78. The van der Waals surface area contributed by atoms with Crippen LogP contribution in [0.1, 0.15) is 13.3 Å². The van der Waals surface area contributed by atoms with E-state index in [0.717, 1.165) is 6.42 Å². The number of pyridine rings is 1. The summed E-state index contributed by atoms with van der Waals surface area (Å²) in [6.45, 7) is 2.64. The Morgan fingerprint density at radius 3 is 2.67 bits per heavy atom. The summed E-state index contributed by atoms with van der Waals surface area (Å²) in [6.07, 6.45) is 2.42. The van der Waals surface area contributed by atoms with Gasteiger partial charge in [-0.15, -0.1) is 0 Å². The number of nitrogens with one attached hydrogen (secondary N) is 2. The number of benzene rings is 1. The highest BCUT2D eigenvalue weighted by molar-refractivity contribution is 7.92. The molecule has 5 nitrogen and oxygen atoms in total. The predicted molar refractivity (Wildman–Crippen MR) is 85.3 cm³/mol. The Bertz CT molecular complexity index is 720. The summed E-state index contributed by atoms with van der Waals surface area (Å²) in [5, 5.41) is 3.35. The summed E-state index contributed by atoms with van der Waals surface area (Å²) < 4.78 is 27.5. The first kappa shape index (κ1) is 15.6. The van der Waals surface area contributed by atoms with Crippen LogP contribution >= 0.6 is 11.6 Å². The maximum Gasteiger partial charge on any atom is 0.265 e. The molecule has 0 aliphatic carbocycles. The number of sulfonamides is 1. The van der Waals surface area contributed by atoms with Gasteiger partial charge >= 0.3 is 0 Å². The topological polar surface area (TPSA) is 71.1 Å². The maximum atomic E-state index is 12.5. The molecule has 1 aromatic carbocycles. The monoisotopic (exact) mass is 325 g/mol. The minimum Gasteiger partial charge on any atom is -0.369 e. The van der Waals surface area contributed by atoms with Crippen molar-refractivity contribution in [3.8, 4) is 0 Å². The van der Waals surface area contributed by atoms with Gasteiger partial charge in [0.05, 0.1) is 10.7 Å². The van der Waals surface area contributed by atoms with Crippen molar-refractivity contribution in [1.82, 2.24) is 4.98 Å². The van der Waals surface area contributed by atoms with Crippen LogP contribution in [-0.4, -0.2) is 19.9 Å². The van der Waals surface area contributed by atoms with Gasteiger partial charge in [0.15, 0.2) is 0 Å². The van der Waals surface area contributed by atoms with E-state index in [1.807, 2.05) is 6.92 Å². The molecule has 0 bridgehead atoms. The van der Waals surface area contributed by atoms with Crippen LogP contribution in [0.2, 0.25) is 5.02 Å². The maximum absolute atomic E-state index is 12.5. The van der Waals surface area contributed by atoms with Gasteiger partial charge in [-0.25, -0.2) is 13.4 Å². The summed E-state index contributed by atoms with van der Waals surface area (Å²) in [4.78, 5) is 4.18. The van der Waals surface area contributed by atoms with E-state index in [1.165, 1.54) is 6.07 Å². The average molecular weight is 326 g/mol. The lowest BCUT2D eigenvalue weighted by molar-refractivity contribution is 0.601. The largest absolute Gasteiger partial charge is 0.369 e. The van der Waals surface area contributed by atoms with Crippen molar-refractivity contribution < 1.29 is 8.42 Å². The Morgan fingerprint density at radius 1 is 1.19 bits per heavy atom. The molecule has 112 valence electrons. The molecule has 1 heterocycles. The lowest BCUT2D eigenvalue weighted by Gasteiger charge is -2.13. The molecule has 2 aromatic rings. The Kier molecular flexibility index (Phi) is 5.03. The molecule has 0 unspecified atom stereocenters. The molecule has 0 saturated heterocycles. The van der Waals surface area contributed by atoms with Crippen molar-refractivity contribution in [1.29, 1.82) is 0 Å². The Labute approximate surface area is 129 Å². The second-order valence-corrected chi connectivity index (χ2v) is 6.42. The molecule has 21 heavy (non-hydrogen) atoms. The van der Waals surface area contributed by atoms with Crippen molar-refractivity contribution in [2.45, 2.75) is 18.2 Å². The fourth-order valence-corrected chi connectivity index (χ4v) is 3.18. The number of rotatable bonds is 6. The van der Waals surface area contributed by atoms with Crippen LogP contribution in [0, 0.1) is 0 Å². The number of nitrogens with zero attached hydrogens (tertiary/aromatic N) is 1. The molecule has 1 aromatic heterocycles. The van der Waals surface area contributed by atoms with Crippen molar-refractivity contribution in [3.05, 3.63) is 47.6 Å². The number of hydrogen-bond acceptors (Lipinski definition) is 4.